The Balaban J connectivity index is 2.17. The minimum absolute atomic E-state index is 0.0260. The van der Waals surface area contributed by atoms with E-state index in [-0.39, 0.29) is 21.5 Å². The first kappa shape index (κ1) is 17.0. The van der Waals surface area contributed by atoms with Crippen molar-refractivity contribution in [1.82, 2.24) is 4.72 Å². The molecule has 0 spiro atoms. The lowest BCUT2D eigenvalue weighted by Gasteiger charge is -2.22. The summed E-state index contributed by atoms with van der Waals surface area (Å²) in [5.74, 6) is 0.379. The summed E-state index contributed by atoms with van der Waals surface area (Å²) < 4.78 is 27.4. The van der Waals surface area contributed by atoms with E-state index in [2.05, 4.69) is 4.72 Å². The molecule has 1 aliphatic rings. The van der Waals surface area contributed by atoms with Gasteiger partial charge in [-0.15, -0.1) is 0 Å². The molecule has 118 valence electrons. The van der Waals surface area contributed by atoms with Crippen molar-refractivity contribution in [3.63, 3.8) is 0 Å². The quantitative estimate of drug-likeness (QED) is 0.854. The topological polar surface area (TPSA) is 66.4 Å². The maximum Gasteiger partial charge on any atom is 0.242 e. The van der Waals surface area contributed by atoms with E-state index in [9.17, 15) is 13.5 Å². The van der Waals surface area contributed by atoms with Gasteiger partial charge in [-0.2, -0.15) is 0 Å². The Bertz CT molecular complexity index is 598. The lowest BCUT2D eigenvalue weighted by Crippen LogP contribution is -2.30. The Kier molecular flexibility index (Phi) is 5.91. The van der Waals surface area contributed by atoms with E-state index < -0.39 is 10.0 Å². The number of sulfonamides is 1. The number of rotatable bonds is 5. The van der Waals surface area contributed by atoms with Crippen LogP contribution in [0, 0.1) is 5.92 Å². The molecule has 2 N–H and O–H groups in total. The lowest BCUT2D eigenvalue weighted by atomic mass is 9.90. The Morgan fingerprint density at radius 1 is 1.19 bits per heavy atom. The maximum absolute atomic E-state index is 12.4. The van der Waals surface area contributed by atoms with Crippen LogP contribution in [0.15, 0.2) is 17.0 Å². The third kappa shape index (κ3) is 4.33. The highest BCUT2D eigenvalue weighted by molar-refractivity contribution is 7.89. The molecule has 0 aromatic heterocycles. The zero-order valence-electron chi connectivity index (χ0n) is 11.6. The molecular formula is C14H19Cl2NO3S. The summed E-state index contributed by atoms with van der Waals surface area (Å²) in [6.45, 7) is 0.0597. The highest BCUT2D eigenvalue weighted by atomic mass is 35.5. The molecule has 1 aliphatic carbocycles. The SMILES string of the molecule is O=S(=O)(NCC1CCCCC1)c1cc(Cl)cc(CO)c1Cl. The predicted molar refractivity (Wildman–Crippen MR) is 84.1 cm³/mol. The molecule has 0 amide bonds. The van der Waals surface area contributed by atoms with Gasteiger partial charge in [0.15, 0.2) is 0 Å². The first-order valence-corrected chi connectivity index (χ1v) is 9.26. The summed E-state index contributed by atoms with van der Waals surface area (Å²) in [5.41, 5.74) is 0.308. The third-order valence-electron chi connectivity index (χ3n) is 3.83. The fourth-order valence-electron chi connectivity index (χ4n) is 2.63. The summed E-state index contributed by atoms with van der Waals surface area (Å²) in [6, 6.07) is 2.77. The first-order chi connectivity index (χ1) is 9.94. The normalized spacial score (nSPS) is 17.1. The van der Waals surface area contributed by atoms with Crippen LogP contribution >= 0.6 is 23.2 Å². The van der Waals surface area contributed by atoms with E-state index in [1.165, 1.54) is 18.6 Å². The minimum atomic E-state index is -3.72. The minimum Gasteiger partial charge on any atom is -0.392 e. The average Bonchev–Trinajstić information content (AvgIpc) is 2.48. The average molecular weight is 352 g/mol. The van der Waals surface area contributed by atoms with Crippen LogP contribution in [0.2, 0.25) is 10.0 Å². The van der Waals surface area contributed by atoms with Crippen LogP contribution in [-0.2, 0) is 16.6 Å². The zero-order chi connectivity index (χ0) is 15.5. The van der Waals surface area contributed by atoms with E-state index in [1.54, 1.807) is 0 Å². The van der Waals surface area contributed by atoms with Gasteiger partial charge in [-0.25, -0.2) is 13.1 Å². The number of hydrogen-bond acceptors (Lipinski definition) is 3. The van der Waals surface area contributed by atoms with Crippen molar-refractivity contribution in [2.75, 3.05) is 6.54 Å². The van der Waals surface area contributed by atoms with Crippen LogP contribution in [0.4, 0.5) is 0 Å². The summed E-state index contributed by atoms with van der Waals surface area (Å²) in [4.78, 5) is -0.0727. The zero-order valence-corrected chi connectivity index (χ0v) is 13.9. The largest absolute Gasteiger partial charge is 0.392 e. The standard InChI is InChI=1S/C14H19Cl2NO3S/c15-12-6-11(9-18)14(16)13(7-12)21(19,20)17-8-10-4-2-1-3-5-10/h6-7,10,17-18H,1-5,8-9H2. The van der Waals surface area contributed by atoms with E-state index >= 15 is 0 Å². The Morgan fingerprint density at radius 2 is 1.86 bits per heavy atom. The van der Waals surface area contributed by atoms with Crippen LogP contribution < -0.4 is 4.72 Å². The molecule has 1 fully saturated rings. The number of benzene rings is 1. The van der Waals surface area contributed by atoms with Crippen molar-refractivity contribution < 1.29 is 13.5 Å². The van der Waals surface area contributed by atoms with Gasteiger partial charge in [-0.3, -0.25) is 0 Å². The second-order valence-corrected chi connectivity index (χ2v) is 7.94. The van der Waals surface area contributed by atoms with Crippen molar-refractivity contribution in [2.24, 2.45) is 5.92 Å². The van der Waals surface area contributed by atoms with Crippen molar-refractivity contribution in [3.05, 3.63) is 27.7 Å². The highest BCUT2D eigenvalue weighted by Crippen LogP contribution is 2.30. The van der Waals surface area contributed by atoms with Gasteiger partial charge in [0.1, 0.15) is 4.90 Å². The third-order valence-corrected chi connectivity index (χ3v) is 6.05. The molecule has 4 nitrogen and oxygen atoms in total. The second kappa shape index (κ2) is 7.29. The summed E-state index contributed by atoms with van der Waals surface area (Å²) >= 11 is 11.9. The Morgan fingerprint density at radius 3 is 2.48 bits per heavy atom. The van der Waals surface area contributed by atoms with Gasteiger partial charge in [0, 0.05) is 11.6 Å². The molecule has 1 aromatic rings. The molecule has 0 heterocycles. The van der Waals surface area contributed by atoms with Crippen LogP contribution in [-0.4, -0.2) is 20.1 Å². The molecule has 2 rings (SSSR count). The first-order valence-electron chi connectivity index (χ1n) is 7.02. The van der Waals surface area contributed by atoms with Crippen LogP contribution in [0.25, 0.3) is 0 Å². The molecule has 0 unspecified atom stereocenters. The van der Waals surface area contributed by atoms with E-state index in [4.69, 9.17) is 23.2 Å². The number of hydrogen-bond donors (Lipinski definition) is 2. The predicted octanol–water partition coefficient (Wildman–Crippen LogP) is 3.34. The number of aliphatic hydroxyl groups is 1. The molecule has 1 saturated carbocycles. The second-order valence-electron chi connectivity index (χ2n) is 5.39. The van der Waals surface area contributed by atoms with Gasteiger partial charge in [0.25, 0.3) is 0 Å². The van der Waals surface area contributed by atoms with Gasteiger partial charge >= 0.3 is 0 Å². The molecule has 21 heavy (non-hydrogen) atoms. The van der Waals surface area contributed by atoms with Crippen LogP contribution in [0.5, 0.6) is 0 Å². The molecule has 7 heteroatoms. The Labute approximate surface area is 135 Å². The smallest absolute Gasteiger partial charge is 0.242 e. The summed E-state index contributed by atoms with van der Waals surface area (Å²) in [6.07, 6.45) is 5.63. The molecule has 0 saturated heterocycles. The molecule has 0 bridgehead atoms. The summed E-state index contributed by atoms with van der Waals surface area (Å²) in [7, 11) is -3.72. The molecule has 1 aromatic carbocycles. The van der Waals surface area contributed by atoms with Crippen molar-refractivity contribution >= 4 is 33.2 Å². The fraction of sp³-hybridized carbons (Fsp3) is 0.571. The van der Waals surface area contributed by atoms with E-state index in [0.717, 1.165) is 25.7 Å². The molecule has 0 radical (unpaired) electrons. The van der Waals surface area contributed by atoms with Gasteiger partial charge in [-0.05, 0) is 36.5 Å². The van der Waals surface area contributed by atoms with Gasteiger partial charge < -0.3 is 5.11 Å². The molecule has 0 aliphatic heterocycles. The number of halogens is 2. The molecule has 0 atom stereocenters. The van der Waals surface area contributed by atoms with Gasteiger partial charge in [0.2, 0.25) is 10.0 Å². The van der Waals surface area contributed by atoms with E-state index in [0.29, 0.717) is 18.0 Å². The van der Waals surface area contributed by atoms with Gasteiger partial charge in [-0.1, -0.05) is 42.5 Å². The van der Waals surface area contributed by atoms with E-state index in [1.807, 2.05) is 0 Å². The Hall–Kier alpha value is -0.330. The highest BCUT2D eigenvalue weighted by Gasteiger charge is 2.23. The van der Waals surface area contributed by atoms with Gasteiger partial charge in [0.05, 0.1) is 11.6 Å². The van der Waals surface area contributed by atoms with Crippen molar-refractivity contribution in [2.45, 2.75) is 43.6 Å². The van der Waals surface area contributed by atoms with Crippen LogP contribution in [0.1, 0.15) is 37.7 Å². The monoisotopic (exact) mass is 351 g/mol. The van der Waals surface area contributed by atoms with Crippen molar-refractivity contribution in [1.29, 1.82) is 0 Å². The number of aliphatic hydroxyl groups excluding tert-OH is 1. The van der Waals surface area contributed by atoms with Crippen molar-refractivity contribution in [3.8, 4) is 0 Å². The number of nitrogens with one attached hydrogen (secondary N) is 1. The van der Waals surface area contributed by atoms with Crippen LogP contribution in [0.3, 0.4) is 0 Å². The summed E-state index contributed by atoms with van der Waals surface area (Å²) in [5, 5.41) is 9.47. The molecular weight excluding hydrogens is 333 g/mol. The fourth-order valence-corrected chi connectivity index (χ4v) is 4.66. The lowest BCUT2D eigenvalue weighted by molar-refractivity contribution is 0.281. The maximum atomic E-state index is 12.4.